The number of nitrogens with zero attached hydrogens (tertiary/aromatic N) is 6. The summed E-state index contributed by atoms with van der Waals surface area (Å²) in [6, 6.07) is 5.23. The Balaban J connectivity index is 0.00000300. The molecule has 3 aromatic rings. The summed E-state index contributed by atoms with van der Waals surface area (Å²) in [6.07, 6.45) is -5.87. The molecular formula is C31H36F6Mg2N6O2+4. The van der Waals surface area contributed by atoms with Gasteiger partial charge in [0.15, 0.2) is 0 Å². The number of rotatable bonds is 7. The number of carbonyl (C=O) groups is 1. The third-order valence-corrected chi connectivity index (χ3v) is 8.86. The molecule has 0 bridgehead atoms. The van der Waals surface area contributed by atoms with Crippen molar-refractivity contribution in [1.29, 1.82) is 0 Å². The standard InChI is InChI=1S/C31H36F6N6O2.2Mg/c1-18-11-19(2)27-25(12-18)26(5-4-10-42(27)16-20-6-8-22(9-7-20)28(44)45)43(29-38-40-41(3)39-29)17-21-13-23(30(32,33)34)15-24(14-21)31(35,36)37;;/h11-15,20,22,26H,4-10,16-17H2,1-3H3,(H,44,45);;/q;2*+2/t20?,22?,26-;;/m0../s1. The summed E-state index contributed by atoms with van der Waals surface area (Å²) in [5, 5.41) is 21.8. The van der Waals surface area contributed by atoms with Crippen LogP contribution in [0.3, 0.4) is 0 Å². The van der Waals surface area contributed by atoms with Crippen LogP contribution in [0.2, 0.25) is 0 Å². The number of alkyl halides is 6. The van der Waals surface area contributed by atoms with Crippen LogP contribution < -0.4 is 9.80 Å². The van der Waals surface area contributed by atoms with Crippen LogP contribution in [-0.2, 0) is 30.7 Å². The molecule has 0 spiro atoms. The number of aryl methyl sites for hydroxylation is 3. The van der Waals surface area contributed by atoms with Crippen LogP contribution in [0.15, 0.2) is 30.3 Å². The molecule has 1 N–H and O–H groups in total. The number of aliphatic carboxylic acids is 1. The van der Waals surface area contributed by atoms with Crippen molar-refractivity contribution in [3.05, 3.63) is 63.7 Å². The molecule has 244 valence electrons. The van der Waals surface area contributed by atoms with Gasteiger partial charge in [-0.15, -0.1) is 5.10 Å². The third kappa shape index (κ3) is 9.23. The average molecular weight is 687 g/mol. The van der Waals surface area contributed by atoms with Crippen LogP contribution in [0.25, 0.3) is 0 Å². The van der Waals surface area contributed by atoms with Crippen molar-refractivity contribution in [2.24, 2.45) is 18.9 Å². The van der Waals surface area contributed by atoms with Gasteiger partial charge in [-0.05, 0) is 98.4 Å². The Hall–Kier alpha value is -2.31. The minimum absolute atomic E-state index is 0. The zero-order valence-corrected chi connectivity index (χ0v) is 29.5. The van der Waals surface area contributed by atoms with Gasteiger partial charge in [0.05, 0.1) is 30.1 Å². The van der Waals surface area contributed by atoms with E-state index in [0.29, 0.717) is 38.1 Å². The Kier molecular flexibility index (Phi) is 12.9. The zero-order valence-electron chi connectivity index (χ0n) is 26.7. The molecule has 8 nitrogen and oxygen atoms in total. The summed E-state index contributed by atoms with van der Waals surface area (Å²) >= 11 is 0. The molecule has 0 saturated heterocycles. The monoisotopic (exact) mass is 686 g/mol. The minimum atomic E-state index is -4.97. The van der Waals surface area contributed by atoms with Gasteiger partial charge in [-0.1, -0.05) is 22.8 Å². The van der Waals surface area contributed by atoms with Crippen LogP contribution in [0.1, 0.15) is 77.9 Å². The summed E-state index contributed by atoms with van der Waals surface area (Å²) in [4.78, 5) is 16.6. The molecule has 0 unspecified atom stereocenters. The van der Waals surface area contributed by atoms with Crippen molar-refractivity contribution in [2.45, 2.75) is 77.3 Å². The predicted octanol–water partition coefficient (Wildman–Crippen LogP) is 6.34. The Morgan fingerprint density at radius 1 is 0.936 bits per heavy atom. The summed E-state index contributed by atoms with van der Waals surface area (Å²) < 4.78 is 82.4. The van der Waals surface area contributed by atoms with Crippen LogP contribution in [0.4, 0.5) is 38.0 Å². The van der Waals surface area contributed by atoms with Crippen LogP contribution in [0.5, 0.6) is 0 Å². The van der Waals surface area contributed by atoms with E-state index in [1.165, 1.54) is 11.8 Å². The molecule has 0 amide bonds. The van der Waals surface area contributed by atoms with Gasteiger partial charge in [-0.3, -0.25) is 4.79 Å². The molecule has 2 aromatic carbocycles. The van der Waals surface area contributed by atoms with E-state index in [1.54, 1.807) is 4.90 Å². The second kappa shape index (κ2) is 15.5. The molecule has 1 aliphatic heterocycles. The molecule has 1 atom stereocenters. The van der Waals surface area contributed by atoms with Gasteiger partial charge in [0, 0.05) is 25.3 Å². The minimum Gasteiger partial charge on any atom is -0.481 e. The first-order valence-corrected chi connectivity index (χ1v) is 15.0. The van der Waals surface area contributed by atoms with Crippen LogP contribution in [-0.4, -0.2) is 90.5 Å². The van der Waals surface area contributed by atoms with E-state index in [4.69, 9.17) is 0 Å². The summed E-state index contributed by atoms with van der Waals surface area (Å²) in [5.74, 6) is -0.690. The molecule has 1 aliphatic carbocycles. The first-order valence-electron chi connectivity index (χ1n) is 15.0. The predicted molar refractivity (Wildman–Crippen MR) is 166 cm³/mol. The van der Waals surface area contributed by atoms with E-state index in [0.717, 1.165) is 53.9 Å². The van der Waals surface area contributed by atoms with Crippen molar-refractivity contribution in [3.63, 3.8) is 0 Å². The number of benzene rings is 2. The van der Waals surface area contributed by atoms with Gasteiger partial charge in [0.2, 0.25) is 0 Å². The fraction of sp³-hybridized carbons (Fsp3) is 0.548. The summed E-state index contributed by atoms with van der Waals surface area (Å²) in [5.41, 5.74) is 0.892. The Morgan fingerprint density at radius 3 is 2.09 bits per heavy atom. The first-order chi connectivity index (χ1) is 21.1. The average Bonchev–Trinajstić information content (AvgIpc) is 3.30. The van der Waals surface area contributed by atoms with Crippen molar-refractivity contribution in [2.75, 3.05) is 22.9 Å². The topological polar surface area (TPSA) is 87.4 Å². The molecule has 1 saturated carbocycles. The second-order valence-electron chi connectivity index (χ2n) is 12.3. The number of hydrogen-bond acceptors (Lipinski definition) is 6. The van der Waals surface area contributed by atoms with Crippen molar-refractivity contribution >= 4 is 63.7 Å². The van der Waals surface area contributed by atoms with E-state index < -0.39 is 35.5 Å². The number of tetrazole rings is 1. The normalized spacial score (nSPS) is 20.0. The van der Waals surface area contributed by atoms with Crippen molar-refractivity contribution in [3.8, 4) is 0 Å². The molecule has 2 aliphatic rings. The molecule has 1 fully saturated rings. The molecule has 5 rings (SSSR count). The van der Waals surface area contributed by atoms with E-state index in [9.17, 15) is 36.2 Å². The van der Waals surface area contributed by atoms with E-state index in [1.807, 2.05) is 19.9 Å². The number of carboxylic acids is 1. The van der Waals surface area contributed by atoms with Crippen LogP contribution in [0, 0.1) is 25.7 Å². The van der Waals surface area contributed by atoms with Gasteiger partial charge >= 0.3 is 64.4 Å². The Bertz CT molecular complexity index is 1510. The SMILES string of the molecule is Cc1cc(C)c2c(c1)[C@@H](N(Cc1cc(C(F)(F)F)cc(C(F)(F)F)c1)c1nnn(C)n1)CCCN2CC1CCC(C(=O)O)CC1.[Mg+2].[Mg+2]. The zero-order chi connectivity index (χ0) is 32.7. The smallest absolute Gasteiger partial charge is 0.481 e. The molecule has 2 heterocycles. The molecule has 0 radical (unpaired) electrons. The maximum Gasteiger partial charge on any atom is 2.00 e. The number of halogens is 6. The largest absolute Gasteiger partial charge is 2.00 e. The fourth-order valence-corrected chi connectivity index (χ4v) is 6.85. The second-order valence-corrected chi connectivity index (χ2v) is 12.3. The maximum atomic E-state index is 13.7. The van der Waals surface area contributed by atoms with Gasteiger partial charge in [-0.25, -0.2) is 0 Å². The first kappa shape index (κ1) is 39.1. The van der Waals surface area contributed by atoms with Gasteiger partial charge < -0.3 is 14.9 Å². The molecular weight excluding hydrogens is 651 g/mol. The van der Waals surface area contributed by atoms with Gasteiger partial charge in [0.25, 0.3) is 5.95 Å². The van der Waals surface area contributed by atoms with E-state index >= 15 is 0 Å². The quantitative estimate of drug-likeness (QED) is 0.229. The van der Waals surface area contributed by atoms with Crippen molar-refractivity contribution in [1.82, 2.24) is 20.2 Å². The van der Waals surface area contributed by atoms with E-state index in [2.05, 4.69) is 26.4 Å². The summed E-state index contributed by atoms with van der Waals surface area (Å²) in [6.45, 7) is 5.04. The summed E-state index contributed by atoms with van der Waals surface area (Å²) in [7, 11) is 1.54. The van der Waals surface area contributed by atoms with Gasteiger partial charge in [0.1, 0.15) is 0 Å². The third-order valence-electron chi connectivity index (χ3n) is 8.86. The Morgan fingerprint density at radius 2 is 1.55 bits per heavy atom. The number of anilines is 2. The number of hydrogen-bond donors (Lipinski definition) is 1. The van der Waals surface area contributed by atoms with E-state index in [-0.39, 0.29) is 76.1 Å². The van der Waals surface area contributed by atoms with Gasteiger partial charge in [-0.2, -0.15) is 31.1 Å². The molecule has 16 heteroatoms. The van der Waals surface area contributed by atoms with Crippen LogP contribution >= 0.6 is 0 Å². The number of carboxylic acid groups (broad SMARTS) is 1. The number of fused-ring (bicyclic) bond motifs is 1. The maximum absolute atomic E-state index is 13.7. The fourth-order valence-electron chi connectivity index (χ4n) is 6.85. The Labute approximate surface area is 301 Å². The number of aromatic nitrogens is 4. The molecule has 1 aromatic heterocycles. The molecule has 47 heavy (non-hydrogen) atoms. The van der Waals surface area contributed by atoms with Crippen molar-refractivity contribution < 1.29 is 36.2 Å².